The van der Waals surface area contributed by atoms with Gasteiger partial charge in [-0.2, -0.15) is 0 Å². The van der Waals surface area contributed by atoms with E-state index in [0.29, 0.717) is 48.0 Å². The maximum atomic E-state index is 12.7. The molecule has 0 radical (unpaired) electrons. The van der Waals surface area contributed by atoms with Gasteiger partial charge in [0.1, 0.15) is 12.4 Å². The third kappa shape index (κ3) is 13.2. The average molecular weight is 569 g/mol. The van der Waals surface area contributed by atoms with E-state index >= 15 is 0 Å². The SMILES string of the molecule is C=C(C)C(=O)OCCCCCCCCOc1ccc(C(=O)Oc2ccc(C=CC(=O)OCCOC)cc2OC)cc1. The van der Waals surface area contributed by atoms with Gasteiger partial charge in [0.05, 0.1) is 32.5 Å². The molecule has 9 nitrogen and oxygen atoms in total. The summed E-state index contributed by atoms with van der Waals surface area (Å²) in [6, 6.07) is 11.7. The van der Waals surface area contributed by atoms with E-state index in [2.05, 4.69) is 6.58 Å². The van der Waals surface area contributed by atoms with Crippen LogP contribution in [0.3, 0.4) is 0 Å². The number of rotatable bonds is 19. The fourth-order valence-corrected chi connectivity index (χ4v) is 3.55. The normalized spacial score (nSPS) is 10.7. The maximum absolute atomic E-state index is 12.7. The molecule has 0 fully saturated rings. The highest BCUT2D eigenvalue weighted by molar-refractivity contribution is 5.91. The second-order valence-corrected chi connectivity index (χ2v) is 9.20. The Hall–Kier alpha value is -4.11. The van der Waals surface area contributed by atoms with Gasteiger partial charge < -0.3 is 28.4 Å². The molecule has 9 heteroatoms. The average Bonchev–Trinajstić information content (AvgIpc) is 2.97. The van der Waals surface area contributed by atoms with Gasteiger partial charge in [-0.3, -0.25) is 0 Å². The second kappa shape index (κ2) is 19.0. The zero-order valence-corrected chi connectivity index (χ0v) is 24.1. The van der Waals surface area contributed by atoms with Crippen molar-refractivity contribution in [3.8, 4) is 17.2 Å². The third-order valence-corrected chi connectivity index (χ3v) is 5.81. The third-order valence-electron chi connectivity index (χ3n) is 5.81. The number of carbonyl (C=O) groups is 3. The van der Waals surface area contributed by atoms with E-state index in [1.807, 2.05) is 0 Å². The van der Waals surface area contributed by atoms with Crippen LogP contribution in [0.15, 0.2) is 60.7 Å². The van der Waals surface area contributed by atoms with E-state index in [-0.39, 0.29) is 18.3 Å². The molecule has 41 heavy (non-hydrogen) atoms. The molecule has 0 amide bonds. The Bertz CT molecular complexity index is 1150. The molecule has 0 saturated carbocycles. The van der Waals surface area contributed by atoms with Crippen LogP contribution < -0.4 is 14.2 Å². The monoisotopic (exact) mass is 568 g/mol. The number of esters is 3. The molecule has 0 N–H and O–H groups in total. The largest absolute Gasteiger partial charge is 0.494 e. The second-order valence-electron chi connectivity index (χ2n) is 9.20. The first-order valence-electron chi connectivity index (χ1n) is 13.6. The van der Waals surface area contributed by atoms with Crippen molar-refractivity contribution in [2.45, 2.75) is 45.4 Å². The van der Waals surface area contributed by atoms with Crippen LogP contribution in [-0.4, -0.2) is 58.6 Å². The van der Waals surface area contributed by atoms with E-state index in [4.69, 9.17) is 28.4 Å². The topological polar surface area (TPSA) is 107 Å². The van der Waals surface area contributed by atoms with Crippen molar-refractivity contribution in [2.24, 2.45) is 0 Å². The summed E-state index contributed by atoms with van der Waals surface area (Å²) in [6.45, 7) is 6.72. The lowest BCUT2D eigenvalue weighted by Crippen LogP contribution is -2.09. The lowest BCUT2D eigenvalue weighted by Gasteiger charge is -2.11. The van der Waals surface area contributed by atoms with Crippen molar-refractivity contribution in [3.63, 3.8) is 0 Å². The van der Waals surface area contributed by atoms with Crippen molar-refractivity contribution < 1.29 is 42.8 Å². The molecule has 0 bridgehead atoms. The Morgan fingerprint density at radius 3 is 2.12 bits per heavy atom. The highest BCUT2D eigenvalue weighted by Crippen LogP contribution is 2.29. The number of methoxy groups -OCH3 is 2. The molecule has 0 aliphatic heterocycles. The van der Waals surface area contributed by atoms with Gasteiger partial charge in [-0.1, -0.05) is 38.3 Å². The minimum Gasteiger partial charge on any atom is -0.494 e. The van der Waals surface area contributed by atoms with Crippen LogP contribution in [0.1, 0.15) is 61.4 Å². The van der Waals surface area contributed by atoms with E-state index in [9.17, 15) is 14.4 Å². The first-order chi connectivity index (χ1) is 19.8. The van der Waals surface area contributed by atoms with Gasteiger partial charge in [-0.05, 0) is 67.8 Å². The van der Waals surface area contributed by atoms with Crippen LogP contribution in [0.5, 0.6) is 17.2 Å². The van der Waals surface area contributed by atoms with Crippen molar-refractivity contribution in [1.82, 2.24) is 0 Å². The molecule has 0 aromatic heterocycles. The molecule has 2 rings (SSSR count). The Balaban J connectivity index is 1.71. The molecule has 0 saturated heterocycles. The number of ether oxygens (including phenoxy) is 6. The minimum absolute atomic E-state index is 0.172. The molecular formula is C32H40O9. The summed E-state index contributed by atoms with van der Waals surface area (Å²) >= 11 is 0. The fourth-order valence-electron chi connectivity index (χ4n) is 3.55. The van der Waals surface area contributed by atoms with Crippen LogP contribution in [0, 0.1) is 0 Å². The van der Waals surface area contributed by atoms with Gasteiger partial charge in [0.15, 0.2) is 11.5 Å². The van der Waals surface area contributed by atoms with Crippen LogP contribution in [0.4, 0.5) is 0 Å². The first kappa shape index (κ1) is 33.1. The summed E-state index contributed by atoms with van der Waals surface area (Å²) in [7, 11) is 2.99. The fraction of sp³-hybridized carbons (Fsp3) is 0.406. The lowest BCUT2D eigenvalue weighted by atomic mass is 10.1. The van der Waals surface area contributed by atoms with Crippen LogP contribution in [-0.2, 0) is 23.8 Å². The summed E-state index contributed by atoms with van der Waals surface area (Å²) in [5.41, 5.74) is 1.47. The van der Waals surface area contributed by atoms with E-state index in [1.165, 1.54) is 20.3 Å². The first-order valence-corrected chi connectivity index (χ1v) is 13.6. The standard InChI is InChI=1S/C32H40O9/c1-24(2)31(34)40-20-10-8-6-5-7-9-19-38-27-15-13-26(14-16-27)32(35)41-28-17-11-25(23-29(28)37-4)12-18-30(33)39-22-21-36-3/h11-18,23H,1,5-10,19-22H2,2-4H3. The van der Waals surface area contributed by atoms with Crippen LogP contribution in [0.25, 0.3) is 6.08 Å². The van der Waals surface area contributed by atoms with Gasteiger partial charge in [0, 0.05) is 18.8 Å². The highest BCUT2D eigenvalue weighted by Gasteiger charge is 2.13. The van der Waals surface area contributed by atoms with Crippen molar-refractivity contribution in [1.29, 1.82) is 0 Å². The summed E-state index contributed by atoms with van der Waals surface area (Å²) in [6.07, 6.45) is 8.89. The molecule has 222 valence electrons. The molecule has 0 unspecified atom stereocenters. The minimum atomic E-state index is -0.533. The predicted octanol–water partition coefficient (Wildman–Crippen LogP) is 5.96. The van der Waals surface area contributed by atoms with E-state index in [1.54, 1.807) is 55.5 Å². The van der Waals surface area contributed by atoms with Gasteiger partial charge in [-0.15, -0.1) is 0 Å². The number of hydrogen-bond donors (Lipinski definition) is 0. The molecule has 0 spiro atoms. The highest BCUT2D eigenvalue weighted by atomic mass is 16.6. The predicted molar refractivity (Wildman–Crippen MR) is 155 cm³/mol. The van der Waals surface area contributed by atoms with Gasteiger partial charge in [0.2, 0.25) is 0 Å². The maximum Gasteiger partial charge on any atom is 0.343 e. The molecular weight excluding hydrogens is 528 g/mol. The quantitative estimate of drug-likeness (QED) is 0.0879. The van der Waals surface area contributed by atoms with Crippen molar-refractivity contribution in [2.75, 3.05) is 40.6 Å². The summed E-state index contributed by atoms with van der Waals surface area (Å²) in [5.74, 6) is -0.0750. The molecule has 0 aliphatic rings. The van der Waals surface area contributed by atoms with E-state index in [0.717, 1.165) is 38.5 Å². The molecule has 0 aliphatic carbocycles. The number of benzene rings is 2. The summed E-state index contributed by atoms with van der Waals surface area (Å²) in [4.78, 5) is 35.7. The molecule has 0 atom stereocenters. The smallest absolute Gasteiger partial charge is 0.343 e. The lowest BCUT2D eigenvalue weighted by molar-refractivity contribution is -0.139. The van der Waals surface area contributed by atoms with Crippen LogP contribution in [0.2, 0.25) is 0 Å². The Morgan fingerprint density at radius 2 is 1.46 bits per heavy atom. The van der Waals surface area contributed by atoms with E-state index < -0.39 is 11.9 Å². The number of carbonyl (C=O) groups excluding carboxylic acids is 3. The summed E-state index contributed by atoms with van der Waals surface area (Å²) < 4.78 is 31.6. The zero-order chi connectivity index (χ0) is 29.9. The van der Waals surface area contributed by atoms with Gasteiger partial charge in [-0.25, -0.2) is 14.4 Å². The van der Waals surface area contributed by atoms with Crippen molar-refractivity contribution >= 4 is 24.0 Å². The Morgan fingerprint density at radius 1 is 0.780 bits per heavy atom. The molecule has 0 heterocycles. The number of unbranched alkanes of at least 4 members (excludes halogenated alkanes) is 5. The Labute approximate surface area is 242 Å². The van der Waals surface area contributed by atoms with Gasteiger partial charge >= 0.3 is 17.9 Å². The summed E-state index contributed by atoms with van der Waals surface area (Å²) in [5, 5.41) is 0. The van der Waals surface area contributed by atoms with Crippen LogP contribution >= 0.6 is 0 Å². The Kier molecular flexibility index (Phi) is 15.4. The van der Waals surface area contributed by atoms with Gasteiger partial charge in [0.25, 0.3) is 0 Å². The molecule has 2 aromatic rings. The number of hydrogen-bond acceptors (Lipinski definition) is 9. The zero-order valence-electron chi connectivity index (χ0n) is 24.1. The molecule has 2 aromatic carbocycles. The van der Waals surface area contributed by atoms with Crippen molar-refractivity contribution in [3.05, 3.63) is 71.8 Å².